The first-order valence-corrected chi connectivity index (χ1v) is 24.3. The van der Waals surface area contributed by atoms with Crippen LogP contribution in [0.4, 0.5) is 0 Å². The number of aromatic nitrogens is 1. The minimum atomic E-state index is -4.07. The molecule has 2 spiro atoms. The number of benzene rings is 1. The summed E-state index contributed by atoms with van der Waals surface area (Å²) in [4.78, 5) is 74.7. The van der Waals surface area contributed by atoms with Crippen LogP contribution in [0.25, 0.3) is 10.9 Å². The number of fused-ring (bicyclic) bond motifs is 2. The molecule has 3 heterocycles. The first-order valence-electron chi connectivity index (χ1n) is 22.9. The third-order valence-electron chi connectivity index (χ3n) is 17.1. The van der Waals surface area contributed by atoms with Crippen LogP contribution in [0.2, 0.25) is 0 Å². The Labute approximate surface area is 362 Å². The Bertz CT molecular complexity index is 2240. The van der Waals surface area contributed by atoms with Crippen LogP contribution in [0.5, 0.6) is 0 Å². The highest BCUT2D eigenvalue weighted by atomic mass is 32.2. The zero-order chi connectivity index (χ0) is 43.9. The van der Waals surface area contributed by atoms with E-state index in [-0.39, 0.29) is 64.3 Å². The molecular weight excluding hydrogens is 791 g/mol. The first-order chi connectivity index (χ1) is 28.7. The number of nitrogens with one attached hydrogen (secondary N) is 2. The molecule has 0 unspecified atom stereocenters. The van der Waals surface area contributed by atoms with Crippen molar-refractivity contribution in [2.75, 3.05) is 19.6 Å². The quantitative estimate of drug-likeness (QED) is 0.196. The van der Waals surface area contributed by atoms with Gasteiger partial charge in [-0.3, -0.25) is 24.0 Å². The molecule has 6 fully saturated rings. The molecule has 1 aromatic heterocycles. The van der Waals surface area contributed by atoms with Crippen LogP contribution in [0.15, 0.2) is 43.1 Å². The van der Waals surface area contributed by atoms with Crippen LogP contribution in [0.3, 0.4) is 0 Å². The van der Waals surface area contributed by atoms with Gasteiger partial charge < -0.3 is 14.8 Å². The molecule has 2 N–H and O–H groups in total. The number of carbonyl (C=O) groups excluding carboxylic acids is 5. The largest absolute Gasteiger partial charge is 0.351 e. The fourth-order valence-corrected chi connectivity index (χ4v) is 14.1. The smallest absolute Gasteiger partial charge is 0.303 e. The molecule has 3 amide bonds. The number of ketones is 2. The first kappa shape index (κ1) is 43.8. The molecule has 2 saturated heterocycles. The van der Waals surface area contributed by atoms with E-state index in [2.05, 4.69) is 30.5 Å². The SMILES string of the molecule is C=C[C@@H]1C[C@]1(CC(=O)[C@@H]1C[C@@]2(CN1C(=O)[C@@H](CC(=O)[C@@H](NC(=O)c1ccc3c(ccn3C)c1)C1CCCCC1)C(C)(C)C)C(C)(C)C21CCC1)C(=O)NS(=O)(=O)N1CCCC1. The van der Waals surface area contributed by atoms with Crippen molar-refractivity contribution in [1.29, 1.82) is 0 Å². The van der Waals surface area contributed by atoms with Crippen LogP contribution < -0.4 is 10.0 Å². The number of aryl methyl sites for hydroxylation is 1. The molecule has 332 valence electrons. The van der Waals surface area contributed by atoms with E-state index in [1.807, 2.05) is 56.8 Å². The molecule has 8 rings (SSSR count). The van der Waals surface area contributed by atoms with Gasteiger partial charge >= 0.3 is 10.2 Å². The molecule has 2 aliphatic heterocycles. The lowest BCUT2D eigenvalue weighted by Crippen LogP contribution is -2.51. The van der Waals surface area contributed by atoms with E-state index in [0.717, 1.165) is 75.1 Å². The van der Waals surface area contributed by atoms with Crippen LogP contribution in [0, 0.1) is 44.8 Å². The Kier molecular flexibility index (Phi) is 11.1. The van der Waals surface area contributed by atoms with Gasteiger partial charge in [-0.2, -0.15) is 12.7 Å². The van der Waals surface area contributed by atoms with Crippen LogP contribution in [-0.2, 0) is 36.4 Å². The van der Waals surface area contributed by atoms with Crippen molar-refractivity contribution in [2.45, 2.75) is 137 Å². The van der Waals surface area contributed by atoms with Crippen molar-refractivity contribution >= 4 is 50.4 Å². The number of likely N-dealkylation sites (tertiary alicyclic amines) is 1. The number of carbonyl (C=O) groups is 5. The van der Waals surface area contributed by atoms with Crippen molar-refractivity contribution in [3.05, 3.63) is 48.7 Å². The number of hydrogen-bond donors (Lipinski definition) is 2. The van der Waals surface area contributed by atoms with Gasteiger partial charge in [0.05, 0.1) is 17.5 Å². The maximum atomic E-state index is 15.4. The molecule has 6 atom stereocenters. The number of nitrogens with zero attached hydrogens (tertiary/aromatic N) is 3. The molecule has 0 radical (unpaired) electrons. The van der Waals surface area contributed by atoms with E-state index in [9.17, 15) is 27.6 Å². The topological polar surface area (TPSA) is 155 Å². The molecule has 2 aromatic rings. The average Bonchev–Trinajstić information content (AvgIpc) is 3.58. The molecule has 6 aliphatic rings. The molecule has 13 heteroatoms. The summed E-state index contributed by atoms with van der Waals surface area (Å²) in [6, 6.07) is 5.93. The minimum Gasteiger partial charge on any atom is -0.351 e. The van der Waals surface area contributed by atoms with Crippen LogP contribution >= 0.6 is 0 Å². The zero-order valence-corrected chi connectivity index (χ0v) is 38.0. The normalized spacial score (nSPS) is 29.2. The van der Waals surface area contributed by atoms with Gasteiger partial charge in [-0.05, 0) is 104 Å². The standard InChI is InChI=1S/C48H67N5O7S/c1-8-34-27-46(34,43(58)50-61(59,60)52-22-12-13-23-52)29-39(55)37-28-48(45(5,6)47(48)20-14-21-47)30-53(37)42(57)35(44(2,3)4)26-38(54)40(31-15-10-9-11-16-31)49-41(56)33-17-18-36-32(25-33)19-24-51(36)7/h8,17-19,24-25,31,34-35,37,40H,1,9-16,20-23,26-30H2,2-7H3,(H,49,56)(H,50,58)/t34-,35-,37+,40+,46-,48-/m1/s1. The van der Waals surface area contributed by atoms with E-state index in [4.69, 9.17) is 0 Å². The highest BCUT2D eigenvalue weighted by Gasteiger charge is 2.85. The van der Waals surface area contributed by atoms with E-state index >= 15 is 4.79 Å². The summed E-state index contributed by atoms with van der Waals surface area (Å²) in [6.45, 7) is 15.4. The molecular formula is C48H67N5O7S. The predicted molar refractivity (Wildman–Crippen MR) is 234 cm³/mol. The third kappa shape index (κ3) is 7.21. The summed E-state index contributed by atoms with van der Waals surface area (Å²) in [6.07, 6.45) is 13.3. The van der Waals surface area contributed by atoms with Gasteiger partial charge in [-0.15, -0.1) is 6.58 Å². The average molecular weight is 858 g/mol. The van der Waals surface area contributed by atoms with E-state index in [0.29, 0.717) is 38.0 Å². The number of amides is 3. The second kappa shape index (κ2) is 15.5. The molecule has 61 heavy (non-hydrogen) atoms. The van der Waals surface area contributed by atoms with Gasteiger partial charge in [-0.1, -0.05) is 66.4 Å². The van der Waals surface area contributed by atoms with E-state index < -0.39 is 44.9 Å². The number of allylic oxidation sites excluding steroid dienone is 1. The Balaban J connectivity index is 1.06. The lowest BCUT2D eigenvalue weighted by Gasteiger charge is -2.37. The Morgan fingerprint density at radius 1 is 0.934 bits per heavy atom. The Morgan fingerprint density at radius 3 is 2.21 bits per heavy atom. The summed E-state index contributed by atoms with van der Waals surface area (Å²) in [5, 5.41) is 4.08. The monoisotopic (exact) mass is 857 g/mol. The summed E-state index contributed by atoms with van der Waals surface area (Å²) in [5.74, 6) is -2.88. The zero-order valence-electron chi connectivity index (χ0n) is 37.2. The van der Waals surface area contributed by atoms with Gasteiger partial charge in [0.2, 0.25) is 11.8 Å². The molecule has 0 bridgehead atoms. The van der Waals surface area contributed by atoms with Gasteiger partial charge in [0, 0.05) is 73.5 Å². The molecule has 4 aliphatic carbocycles. The summed E-state index contributed by atoms with van der Waals surface area (Å²) in [5.41, 5.74) is -0.831. The lowest BCUT2D eigenvalue weighted by molar-refractivity contribution is -0.146. The Hall–Kier alpha value is -3.84. The summed E-state index contributed by atoms with van der Waals surface area (Å²) in [7, 11) is -2.12. The highest BCUT2D eigenvalue weighted by Crippen LogP contribution is 2.88. The van der Waals surface area contributed by atoms with Gasteiger partial charge in [0.25, 0.3) is 5.91 Å². The summed E-state index contributed by atoms with van der Waals surface area (Å²) >= 11 is 0. The molecule has 1 aromatic carbocycles. The van der Waals surface area contributed by atoms with E-state index in [1.165, 1.54) is 4.31 Å². The van der Waals surface area contributed by atoms with Crippen LogP contribution in [-0.4, -0.2) is 83.2 Å². The van der Waals surface area contributed by atoms with Crippen LogP contribution in [0.1, 0.15) is 135 Å². The summed E-state index contributed by atoms with van der Waals surface area (Å²) < 4.78 is 32.1. The maximum absolute atomic E-state index is 15.4. The minimum absolute atomic E-state index is 0.0157. The number of rotatable bonds is 14. The van der Waals surface area contributed by atoms with Crippen molar-refractivity contribution < 1.29 is 32.4 Å². The molecule has 12 nitrogen and oxygen atoms in total. The van der Waals surface area contributed by atoms with E-state index in [1.54, 1.807) is 17.0 Å². The fraction of sp³-hybridized carbons (Fsp3) is 0.688. The third-order valence-corrected chi connectivity index (χ3v) is 18.6. The van der Waals surface area contributed by atoms with Crippen molar-refractivity contribution in [3.63, 3.8) is 0 Å². The Morgan fingerprint density at radius 2 is 1.62 bits per heavy atom. The lowest BCUT2D eigenvalue weighted by atomic mass is 9.73. The van der Waals surface area contributed by atoms with Gasteiger partial charge in [-0.25, -0.2) is 4.72 Å². The predicted octanol–water partition coefficient (Wildman–Crippen LogP) is 6.88. The van der Waals surface area contributed by atoms with Gasteiger partial charge in [0.15, 0.2) is 11.6 Å². The number of hydrogen-bond acceptors (Lipinski definition) is 7. The van der Waals surface area contributed by atoms with Crippen molar-refractivity contribution in [2.24, 2.45) is 51.9 Å². The van der Waals surface area contributed by atoms with Crippen molar-refractivity contribution in [3.8, 4) is 0 Å². The fourth-order valence-electron chi connectivity index (χ4n) is 12.8. The second-order valence-corrected chi connectivity index (χ2v) is 23.0. The van der Waals surface area contributed by atoms with Gasteiger partial charge in [0.1, 0.15) is 0 Å². The highest BCUT2D eigenvalue weighted by molar-refractivity contribution is 7.87. The maximum Gasteiger partial charge on any atom is 0.303 e. The second-order valence-electron chi connectivity index (χ2n) is 21.4. The number of Topliss-reactive ketones (excluding diaryl/α,β-unsaturated/α-hetero) is 2. The van der Waals surface area contributed by atoms with Crippen molar-refractivity contribution in [1.82, 2.24) is 23.8 Å². The molecule has 4 saturated carbocycles.